The van der Waals surface area contributed by atoms with Crippen molar-refractivity contribution in [2.75, 3.05) is 5.32 Å². The summed E-state index contributed by atoms with van der Waals surface area (Å²) in [4.78, 5) is 34.5. The number of carboxylic acid groups (broad SMARTS) is 1. The number of carboxylic acids is 1. The van der Waals surface area contributed by atoms with Gasteiger partial charge in [0.25, 0.3) is 0 Å². The summed E-state index contributed by atoms with van der Waals surface area (Å²) in [5.41, 5.74) is 4.10. The number of rotatable bonds is 6. The number of hydrogen-bond donors (Lipinski definition) is 3. The highest BCUT2D eigenvalue weighted by atomic mass is 16.4. The molecule has 6 nitrogen and oxygen atoms in total. The van der Waals surface area contributed by atoms with E-state index >= 15 is 0 Å². The third-order valence-electron chi connectivity index (χ3n) is 4.74. The maximum Gasteiger partial charge on any atom is 0.335 e. The number of hydrogen-bond acceptors (Lipinski definition) is 3. The van der Waals surface area contributed by atoms with Gasteiger partial charge in [-0.2, -0.15) is 0 Å². The van der Waals surface area contributed by atoms with Gasteiger partial charge in [-0.25, -0.2) is 4.79 Å². The first-order valence-corrected chi connectivity index (χ1v) is 8.96. The van der Waals surface area contributed by atoms with Gasteiger partial charge in [-0.15, -0.1) is 0 Å². The molecule has 0 fully saturated rings. The lowest BCUT2D eigenvalue weighted by molar-refractivity contribution is -0.121. The van der Waals surface area contributed by atoms with E-state index in [0.717, 1.165) is 22.4 Å². The zero-order chi connectivity index (χ0) is 19.4. The van der Waals surface area contributed by atoms with Crippen LogP contribution in [0.1, 0.15) is 52.9 Å². The molecule has 2 aromatic rings. The largest absolute Gasteiger partial charge is 0.478 e. The molecule has 1 atom stereocenters. The van der Waals surface area contributed by atoms with Crippen molar-refractivity contribution < 1.29 is 19.5 Å². The number of carbonyl (C=O) groups is 3. The van der Waals surface area contributed by atoms with Gasteiger partial charge in [-0.3, -0.25) is 9.59 Å². The lowest BCUT2D eigenvalue weighted by Crippen LogP contribution is -2.27. The molecule has 0 aliphatic carbocycles. The maximum absolute atomic E-state index is 12.2. The van der Waals surface area contributed by atoms with Crippen molar-refractivity contribution in [3.05, 3.63) is 64.7 Å². The highest BCUT2D eigenvalue weighted by Gasteiger charge is 2.17. The summed E-state index contributed by atoms with van der Waals surface area (Å²) in [5, 5.41) is 14.7. The van der Waals surface area contributed by atoms with Crippen molar-refractivity contribution in [3.63, 3.8) is 0 Å². The summed E-state index contributed by atoms with van der Waals surface area (Å²) in [6.45, 7) is 1.93. The fraction of sp³-hybridized carbons (Fsp3) is 0.286. The first-order chi connectivity index (χ1) is 12.9. The molecule has 0 aromatic heterocycles. The monoisotopic (exact) mass is 366 g/mol. The second-order valence-corrected chi connectivity index (χ2v) is 6.76. The van der Waals surface area contributed by atoms with Crippen LogP contribution in [0.5, 0.6) is 0 Å². The van der Waals surface area contributed by atoms with E-state index in [1.165, 1.54) is 0 Å². The second-order valence-electron chi connectivity index (χ2n) is 6.76. The minimum absolute atomic E-state index is 0.0352. The number of amides is 2. The molecule has 2 aromatic carbocycles. The summed E-state index contributed by atoms with van der Waals surface area (Å²) in [6.07, 6.45) is 2.08. The Hall–Kier alpha value is -3.15. The zero-order valence-corrected chi connectivity index (χ0v) is 15.1. The zero-order valence-electron chi connectivity index (χ0n) is 15.1. The molecule has 140 valence electrons. The molecule has 3 N–H and O–H groups in total. The summed E-state index contributed by atoms with van der Waals surface area (Å²) in [7, 11) is 0. The van der Waals surface area contributed by atoms with Crippen molar-refractivity contribution in [3.8, 4) is 0 Å². The molecule has 0 spiro atoms. The third kappa shape index (κ3) is 4.73. The van der Waals surface area contributed by atoms with Crippen molar-refractivity contribution in [1.82, 2.24) is 5.32 Å². The first kappa shape index (κ1) is 18.6. The molecule has 0 unspecified atom stereocenters. The fourth-order valence-electron chi connectivity index (χ4n) is 3.14. The lowest BCUT2D eigenvalue weighted by Gasteiger charge is -2.20. The molecule has 27 heavy (non-hydrogen) atoms. The maximum atomic E-state index is 12.2. The molecule has 0 bridgehead atoms. The van der Waals surface area contributed by atoms with Gasteiger partial charge in [0.15, 0.2) is 0 Å². The molecule has 1 aliphatic rings. The van der Waals surface area contributed by atoms with E-state index in [1.54, 1.807) is 24.3 Å². The van der Waals surface area contributed by atoms with Crippen molar-refractivity contribution in [2.24, 2.45) is 0 Å². The van der Waals surface area contributed by atoms with Crippen LogP contribution in [0.4, 0.5) is 5.69 Å². The van der Waals surface area contributed by atoms with E-state index in [-0.39, 0.29) is 23.4 Å². The molecule has 0 radical (unpaired) electrons. The average molecular weight is 366 g/mol. The molecule has 2 amide bonds. The topological polar surface area (TPSA) is 95.5 Å². The highest BCUT2D eigenvalue weighted by molar-refractivity contribution is 5.94. The van der Waals surface area contributed by atoms with Crippen LogP contribution < -0.4 is 10.6 Å². The Bertz CT molecular complexity index is 874. The van der Waals surface area contributed by atoms with Gasteiger partial charge in [-0.05, 0) is 54.7 Å². The Morgan fingerprint density at radius 1 is 1.15 bits per heavy atom. The Morgan fingerprint density at radius 3 is 2.59 bits per heavy atom. The Labute approximate surface area is 157 Å². The molecule has 0 saturated carbocycles. The minimum atomic E-state index is -0.960. The molecule has 3 rings (SSSR count). The number of fused-ring (bicyclic) bond motifs is 1. The van der Waals surface area contributed by atoms with Gasteiger partial charge in [0.05, 0.1) is 11.6 Å². The van der Waals surface area contributed by atoms with E-state index in [1.807, 2.05) is 25.1 Å². The highest BCUT2D eigenvalue weighted by Crippen LogP contribution is 2.26. The SMILES string of the molecule is C[C@H](NC(=O)CCc1ccc(C(=O)O)cc1)c1ccc2c(c1)CCC(=O)N2. The van der Waals surface area contributed by atoms with Gasteiger partial charge in [0, 0.05) is 18.5 Å². The van der Waals surface area contributed by atoms with Gasteiger partial charge >= 0.3 is 5.97 Å². The minimum Gasteiger partial charge on any atom is -0.478 e. The quantitative estimate of drug-likeness (QED) is 0.732. The average Bonchev–Trinajstić information content (AvgIpc) is 2.66. The molecule has 0 saturated heterocycles. The van der Waals surface area contributed by atoms with Crippen LogP contribution in [-0.4, -0.2) is 22.9 Å². The van der Waals surface area contributed by atoms with Crippen LogP contribution in [0.3, 0.4) is 0 Å². The van der Waals surface area contributed by atoms with Crippen LogP contribution in [0.2, 0.25) is 0 Å². The van der Waals surface area contributed by atoms with E-state index in [2.05, 4.69) is 10.6 Å². The summed E-state index contributed by atoms with van der Waals surface area (Å²) >= 11 is 0. The fourth-order valence-corrected chi connectivity index (χ4v) is 3.14. The number of benzene rings is 2. The van der Waals surface area contributed by atoms with Gasteiger partial charge < -0.3 is 15.7 Å². The normalized spacial score (nSPS) is 14.0. The van der Waals surface area contributed by atoms with Crippen LogP contribution in [0.15, 0.2) is 42.5 Å². The Balaban J connectivity index is 1.54. The van der Waals surface area contributed by atoms with E-state index in [4.69, 9.17) is 5.11 Å². The Kier molecular flexibility index (Phi) is 5.54. The third-order valence-corrected chi connectivity index (χ3v) is 4.74. The molecule has 1 heterocycles. The van der Waals surface area contributed by atoms with Crippen molar-refractivity contribution >= 4 is 23.5 Å². The molecular formula is C21H22N2O4. The van der Waals surface area contributed by atoms with E-state index < -0.39 is 5.97 Å². The number of carbonyl (C=O) groups excluding carboxylic acids is 2. The first-order valence-electron chi connectivity index (χ1n) is 8.96. The van der Waals surface area contributed by atoms with E-state index in [9.17, 15) is 14.4 Å². The van der Waals surface area contributed by atoms with E-state index in [0.29, 0.717) is 25.7 Å². The smallest absolute Gasteiger partial charge is 0.335 e. The number of anilines is 1. The second kappa shape index (κ2) is 8.03. The van der Waals surface area contributed by atoms with Crippen LogP contribution in [0, 0.1) is 0 Å². The molecule has 6 heteroatoms. The van der Waals surface area contributed by atoms with Gasteiger partial charge in [0.1, 0.15) is 0 Å². The number of aryl methyl sites for hydroxylation is 2. The molecule has 1 aliphatic heterocycles. The van der Waals surface area contributed by atoms with Crippen LogP contribution in [-0.2, 0) is 22.4 Å². The standard InChI is InChI=1S/C21H22N2O4/c1-13(16-7-9-18-17(12-16)8-11-20(25)23-18)22-19(24)10-4-14-2-5-15(6-3-14)21(26)27/h2-3,5-7,9,12-13H,4,8,10-11H2,1H3,(H,22,24)(H,23,25)(H,26,27)/t13-/m0/s1. The lowest BCUT2D eigenvalue weighted by atomic mass is 9.97. The Morgan fingerprint density at radius 2 is 1.89 bits per heavy atom. The van der Waals surface area contributed by atoms with Crippen molar-refractivity contribution in [2.45, 2.75) is 38.6 Å². The number of aromatic carboxylic acids is 1. The number of nitrogens with one attached hydrogen (secondary N) is 2. The van der Waals surface area contributed by atoms with Crippen molar-refractivity contribution in [1.29, 1.82) is 0 Å². The van der Waals surface area contributed by atoms with Crippen LogP contribution >= 0.6 is 0 Å². The summed E-state index contributed by atoms with van der Waals surface area (Å²) in [6, 6.07) is 12.3. The van der Waals surface area contributed by atoms with Gasteiger partial charge in [-0.1, -0.05) is 24.3 Å². The van der Waals surface area contributed by atoms with Crippen LogP contribution in [0.25, 0.3) is 0 Å². The predicted molar refractivity (Wildman–Crippen MR) is 102 cm³/mol. The molecular weight excluding hydrogens is 344 g/mol. The van der Waals surface area contributed by atoms with Gasteiger partial charge in [0.2, 0.25) is 11.8 Å². The summed E-state index contributed by atoms with van der Waals surface area (Å²) in [5.74, 6) is -0.985. The summed E-state index contributed by atoms with van der Waals surface area (Å²) < 4.78 is 0. The predicted octanol–water partition coefficient (Wildman–Crippen LogP) is 3.08.